The molecule has 1 heterocycles. The first-order valence-corrected chi connectivity index (χ1v) is 5.74. The molecule has 0 fully saturated rings. The van der Waals surface area contributed by atoms with Crippen LogP contribution in [0.3, 0.4) is 0 Å². The summed E-state index contributed by atoms with van der Waals surface area (Å²) in [5.74, 6) is -2.26. The Hall–Kier alpha value is -1.65. The van der Waals surface area contributed by atoms with E-state index >= 15 is 0 Å². The molecule has 0 aromatic heterocycles. The summed E-state index contributed by atoms with van der Waals surface area (Å²) in [6, 6.07) is 1.81. The average molecular weight is 255 g/mol. The Bertz CT molecular complexity index is 494. The molecule has 98 valence electrons. The lowest BCUT2D eigenvalue weighted by Gasteiger charge is -2.22. The molecular weight excluding hydrogens is 240 g/mol. The van der Waals surface area contributed by atoms with Crippen LogP contribution in [0.4, 0.5) is 14.5 Å². The van der Waals surface area contributed by atoms with Crippen LogP contribution in [0, 0.1) is 11.6 Å². The van der Waals surface area contributed by atoms with Crippen LogP contribution in [0.2, 0.25) is 0 Å². The lowest BCUT2D eigenvalue weighted by molar-refractivity contribution is -0.155. The third-order valence-electron chi connectivity index (χ3n) is 2.63. The normalized spacial score (nSPS) is 18.2. The quantitative estimate of drug-likeness (QED) is 0.784. The van der Waals surface area contributed by atoms with E-state index in [2.05, 4.69) is 5.32 Å². The van der Waals surface area contributed by atoms with Crippen LogP contribution in [-0.4, -0.2) is 17.6 Å². The average Bonchev–Trinajstić information content (AvgIpc) is 2.66. The van der Waals surface area contributed by atoms with Gasteiger partial charge in [0.15, 0.2) is 11.6 Å². The van der Waals surface area contributed by atoms with Crippen molar-refractivity contribution in [1.82, 2.24) is 0 Å². The van der Waals surface area contributed by atoms with Crippen molar-refractivity contribution in [3.63, 3.8) is 0 Å². The van der Waals surface area contributed by atoms with Gasteiger partial charge in [-0.05, 0) is 32.9 Å². The second-order valence-electron chi connectivity index (χ2n) is 5.32. The first-order chi connectivity index (χ1) is 8.28. The largest absolute Gasteiger partial charge is 0.458 e. The van der Waals surface area contributed by atoms with E-state index in [4.69, 9.17) is 4.74 Å². The van der Waals surface area contributed by atoms with Crippen LogP contribution in [0.15, 0.2) is 12.1 Å². The van der Waals surface area contributed by atoms with Gasteiger partial charge in [-0.25, -0.2) is 13.6 Å². The monoisotopic (exact) mass is 255 g/mol. The predicted octanol–water partition coefficient (Wildman–Crippen LogP) is 2.64. The molecule has 1 atom stereocenters. The zero-order chi connectivity index (χ0) is 13.5. The number of carbonyl (C=O) groups excluding carboxylic acids is 1. The molecule has 0 saturated carbocycles. The molecule has 5 heteroatoms. The fourth-order valence-corrected chi connectivity index (χ4v) is 1.89. The second-order valence-corrected chi connectivity index (χ2v) is 5.32. The number of halogens is 2. The van der Waals surface area contributed by atoms with E-state index in [1.165, 1.54) is 6.07 Å². The highest BCUT2D eigenvalue weighted by Crippen LogP contribution is 2.30. The molecule has 1 aliphatic heterocycles. The summed E-state index contributed by atoms with van der Waals surface area (Å²) in [4.78, 5) is 11.8. The Morgan fingerprint density at radius 3 is 2.67 bits per heavy atom. The van der Waals surface area contributed by atoms with Crippen molar-refractivity contribution in [3.05, 3.63) is 29.3 Å². The van der Waals surface area contributed by atoms with Crippen molar-refractivity contribution in [2.75, 3.05) is 5.32 Å². The van der Waals surface area contributed by atoms with Gasteiger partial charge in [0.25, 0.3) is 0 Å². The van der Waals surface area contributed by atoms with Gasteiger partial charge >= 0.3 is 5.97 Å². The molecule has 0 spiro atoms. The fraction of sp³-hybridized carbons (Fsp3) is 0.462. The highest BCUT2D eigenvalue weighted by molar-refractivity contribution is 5.83. The number of carbonyl (C=O) groups is 1. The van der Waals surface area contributed by atoms with Gasteiger partial charge in [-0.15, -0.1) is 0 Å². The topological polar surface area (TPSA) is 38.3 Å². The minimum atomic E-state index is -0.902. The van der Waals surface area contributed by atoms with E-state index in [0.29, 0.717) is 5.69 Å². The van der Waals surface area contributed by atoms with Crippen molar-refractivity contribution in [1.29, 1.82) is 0 Å². The van der Waals surface area contributed by atoms with Gasteiger partial charge in [-0.1, -0.05) is 0 Å². The van der Waals surface area contributed by atoms with E-state index in [-0.39, 0.29) is 12.0 Å². The standard InChI is InChI=1S/C13H15F2NO2/c1-13(2,3)18-12(17)10-6-7-9(16-10)5-4-8(14)11(7)15/h4-5,10,16H,6H2,1-3H3/t10-/m1/s1. The number of fused-ring (bicyclic) bond motifs is 1. The number of nitrogens with one attached hydrogen (secondary N) is 1. The Morgan fingerprint density at radius 1 is 1.39 bits per heavy atom. The summed E-state index contributed by atoms with van der Waals surface area (Å²) >= 11 is 0. The maximum atomic E-state index is 13.5. The Morgan fingerprint density at radius 2 is 2.06 bits per heavy atom. The molecule has 0 bridgehead atoms. The molecule has 0 aliphatic carbocycles. The van der Waals surface area contributed by atoms with Crippen LogP contribution in [0.1, 0.15) is 26.3 Å². The molecule has 1 N–H and O–H groups in total. The van der Waals surface area contributed by atoms with Crippen LogP contribution in [0.25, 0.3) is 0 Å². The summed E-state index contributed by atoms with van der Waals surface area (Å²) in [6.45, 7) is 5.27. The third kappa shape index (κ3) is 2.44. The molecule has 0 unspecified atom stereocenters. The van der Waals surface area contributed by atoms with Crippen LogP contribution >= 0.6 is 0 Å². The molecule has 3 nitrogen and oxygen atoms in total. The predicted molar refractivity (Wildman–Crippen MR) is 63.3 cm³/mol. The van der Waals surface area contributed by atoms with E-state index in [1.807, 2.05) is 0 Å². The van der Waals surface area contributed by atoms with Crippen molar-refractivity contribution in [2.24, 2.45) is 0 Å². The summed E-state index contributed by atoms with van der Waals surface area (Å²) in [7, 11) is 0. The van der Waals surface area contributed by atoms with Crippen molar-refractivity contribution < 1.29 is 18.3 Å². The van der Waals surface area contributed by atoms with Gasteiger partial charge in [0.2, 0.25) is 0 Å². The molecule has 0 amide bonds. The van der Waals surface area contributed by atoms with E-state index in [9.17, 15) is 13.6 Å². The highest BCUT2D eigenvalue weighted by atomic mass is 19.2. The van der Waals surface area contributed by atoms with Crippen LogP contribution in [0.5, 0.6) is 0 Å². The van der Waals surface area contributed by atoms with Gasteiger partial charge in [-0.3, -0.25) is 0 Å². The van der Waals surface area contributed by atoms with Gasteiger partial charge in [0.05, 0.1) is 0 Å². The lowest BCUT2D eigenvalue weighted by atomic mass is 10.1. The zero-order valence-electron chi connectivity index (χ0n) is 10.5. The fourth-order valence-electron chi connectivity index (χ4n) is 1.89. The number of esters is 1. The molecule has 2 rings (SSSR count). The summed E-state index contributed by atoms with van der Waals surface area (Å²) in [6.07, 6.45) is 0.105. The smallest absolute Gasteiger partial charge is 0.329 e. The van der Waals surface area contributed by atoms with Crippen molar-refractivity contribution in [3.8, 4) is 0 Å². The van der Waals surface area contributed by atoms with Crippen LogP contribution < -0.4 is 5.32 Å². The van der Waals surface area contributed by atoms with E-state index in [0.717, 1.165) is 6.07 Å². The first kappa shape index (κ1) is 12.8. The number of rotatable bonds is 1. The number of ether oxygens (including phenoxy) is 1. The second kappa shape index (κ2) is 4.23. The molecule has 1 aromatic carbocycles. The summed E-state index contributed by atoms with van der Waals surface area (Å²) in [5.41, 5.74) is 0.0489. The van der Waals surface area contributed by atoms with E-state index in [1.54, 1.807) is 20.8 Å². The Labute approximate surface area is 104 Å². The minimum Gasteiger partial charge on any atom is -0.458 e. The zero-order valence-corrected chi connectivity index (χ0v) is 10.5. The number of anilines is 1. The van der Waals surface area contributed by atoms with Gasteiger partial charge < -0.3 is 10.1 Å². The van der Waals surface area contributed by atoms with Crippen molar-refractivity contribution in [2.45, 2.75) is 38.8 Å². The number of hydrogen-bond donors (Lipinski definition) is 1. The minimum absolute atomic E-state index is 0.105. The van der Waals surface area contributed by atoms with Gasteiger partial charge in [0, 0.05) is 17.7 Å². The summed E-state index contributed by atoms with van der Waals surface area (Å²) < 4.78 is 31.8. The van der Waals surface area contributed by atoms with Crippen LogP contribution in [-0.2, 0) is 16.0 Å². The molecule has 1 aliphatic rings. The Kier molecular flexibility index (Phi) is 3.00. The molecular formula is C13H15F2NO2. The Balaban J connectivity index is 2.15. The molecule has 0 saturated heterocycles. The first-order valence-electron chi connectivity index (χ1n) is 5.74. The molecule has 1 aromatic rings. The lowest BCUT2D eigenvalue weighted by Crippen LogP contribution is -2.35. The maximum absolute atomic E-state index is 13.5. The number of benzene rings is 1. The third-order valence-corrected chi connectivity index (χ3v) is 2.63. The van der Waals surface area contributed by atoms with E-state index < -0.39 is 29.2 Å². The van der Waals surface area contributed by atoms with Crippen molar-refractivity contribution >= 4 is 11.7 Å². The van der Waals surface area contributed by atoms with Gasteiger partial charge in [-0.2, -0.15) is 0 Å². The number of hydrogen-bond acceptors (Lipinski definition) is 3. The highest BCUT2D eigenvalue weighted by Gasteiger charge is 2.33. The molecule has 18 heavy (non-hydrogen) atoms. The molecule has 0 radical (unpaired) electrons. The SMILES string of the molecule is CC(C)(C)OC(=O)[C@H]1Cc2c(ccc(F)c2F)N1. The maximum Gasteiger partial charge on any atom is 0.329 e. The summed E-state index contributed by atoms with van der Waals surface area (Å²) in [5, 5.41) is 2.84. The van der Waals surface area contributed by atoms with Gasteiger partial charge in [0.1, 0.15) is 11.6 Å².